The van der Waals surface area contributed by atoms with E-state index in [1.54, 1.807) is 13.2 Å². The molecular formula is C15H21FN2O2S. The van der Waals surface area contributed by atoms with Crippen LogP contribution in [-0.2, 0) is 4.74 Å². The molecule has 0 aliphatic carbocycles. The molecule has 1 aromatic carbocycles. The second kappa shape index (κ2) is 6.42. The molecule has 2 saturated heterocycles. The summed E-state index contributed by atoms with van der Waals surface area (Å²) in [4.78, 5) is 5.41. The van der Waals surface area contributed by atoms with E-state index in [0.29, 0.717) is 17.5 Å². The second-order valence-corrected chi connectivity index (χ2v) is 6.25. The van der Waals surface area contributed by atoms with Crippen LogP contribution in [0.4, 0.5) is 10.1 Å². The first-order chi connectivity index (χ1) is 10.2. The van der Waals surface area contributed by atoms with Crippen molar-refractivity contribution in [3.05, 3.63) is 17.9 Å². The predicted octanol–water partition coefficient (Wildman–Crippen LogP) is 2.08. The standard InChI is InChI=1S/C15H21FN2O2S/c1-19-14-8-12(21-2)7-13(16)15(14)18-5-3-17(4-6-18)11-9-20-10-11/h7-8,11H,3-6,9-10H2,1-2H3. The van der Waals surface area contributed by atoms with Crippen molar-refractivity contribution in [3.8, 4) is 5.75 Å². The molecule has 0 saturated carbocycles. The fourth-order valence-corrected chi connectivity index (χ4v) is 3.32. The Bertz CT molecular complexity index is 503. The van der Waals surface area contributed by atoms with Crippen LogP contribution < -0.4 is 9.64 Å². The van der Waals surface area contributed by atoms with E-state index in [1.165, 1.54) is 11.8 Å². The third kappa shape index (κ3) is 2.98. The highest BCUT2D eigenvalue weighted by molar-refractivity contribution is 7.98. The van der Waals surface area contributed by atoms with Crippen molar-refractivity contribution in [2.24, 2.45) is 0 Å². The molecule has 0 aromatic heterocycles. The molecule has 1 aromatic rings. The van der Waals surface area contributed by atoms with Gasteiger partial charge in [0.05, 0.1) is 26.4 Å². The zero-order chi connectivity index (χ0) is 14.8. The first kappa shape index (κ1) is 14.9. The topological polar surface area (TPSA) is 24.9 Å². The highest BCUT2D eigenvalue weighted by Gasteiger charge is 2.30. The Kier molecular flexibility index (Phi) is 4.57. The average molecular weight is 312 g/mol. The molecule has 0 radical (unpaired) electrons. The lowest BCUT2D eigenvalue weighted by atomic mass is 10.1. The van der Waals surface area contributed by atoms with Gasteiger partial charge in [-0.1, -0.05) is 0 Å². The minimum absolute atomic E-state index is 0.195. The van der Waals surface area contributed by atoms with E-state index >= 15 is 0 Å². The summed E-state index contributed by atoms with van der Waals surface area (Å²) in [6, 6.07) is 4.06. The van der Waals surface area contributed by atoms with E-state index in [-0.39, 0.29) is 5.82 Å². The minimum Gasteiger partial charge on any atom is -0.494 e. The van der Waals surface area contributed by atoms with Crippen molar-refractivity contribution < 1.29 is 13.9 Å². The summed E-state index contributed by atoms with van der Waals surface area (Å²) >= 11 is 1.52. The SMILES string of the molecule is COc1cc(SC)cc(F)c1N1CCN(C2COC2)CC1. The summed E-state index contributed by atoms with van der Waals surface area (Å²) in [5, 5.41) is 0. The first-order valence-electron chi connectivity index (χ1n) is 7.21. The van der Waals surface area contributed by atoms with Crippen LogP contribution >= 0.6 is 11.8 Å². The third-order valence-electron chi connectivity index (χ3n) is 4.22. The highest BCUT2D eigenvalue weighted by Crippen LogP contribution is 2.36. The Labute approximate surface area is 129 Å². The van der Waals surface area contributed by atoms with E-state index in [0.717, 1.165) is 44.3 Å². The molecule has 116 valence electrons. The third-order valence-corrected chi connectivity index (χ3v) is 4.93. The molecule has 2 aliphatic heterocycles. The molecule has 0 unspecified atom stereocenters. The Morgan fingerprint density at radius 2 is 1.95 bits per heavy atom. The maximum Gasteiger partial charge on any atom is 0.151 e. The van der Waals surface area contributed by atoms with Gasteiger partial charge >= 0.3 is 0 Å². The van der Waals surface area contributed by atoms with E-state index < -0.39 is 0 Å². The van der Waals surface area contributed by atoms with Gasteiger partial charge in [0, 0.05) is 31.1 Å². The normalized spacial score (nSPS) is 20.4. The van der Waals surface area contributed by atoms with Crippen LogP contribution in [0, 0.1) is 5.82 Å². The van der Waals surface area contributed by atoms with Gasteiger partial charge in [0.25, 0.3) is 0 Å². The fraction of sp³-hybridized carbons (Fsp3) is 0.600. The second-order valence-electron chi connectivity index (χ2n) is 5.37. The molecule has 6 heteroatoms. The Balaban J connectivity index is 1.74. The summed E-state index contributed by atoms with van der Waals surface area (Å²) in [6.45, 7) is 5.20. The van der Waals surface area contributed by atoms with Crippen LogP contribution in [0.15, 0.2) is 17.0 Å². The van der Waals surface area contributed by atoms with Gasteiger partial charge in [-0.2, -0.15) is 0 Å². The van der Waals surface area contributed by atoms with Crippen molar-refractivity contribution in [3.63, 3.8) is 0 Å². The van der Waals surface area contributed by atoms with Crippen LogP contribution in [0.1, 0.15) is 0 Å². The number of thioether (sulfide) groups is 1. The monoisotopic (exact) mass is 312 g/mol. The zero-order valence-electron chi connectivity index (χ0n) is 12.5. The lowest BCUT2D eigenvalue weighted by Gasteiger charge is -2.43. The number of hydrogen-bond donors (Lipinski definition) is 0. The summed E-state index contributed by atoms with van der Waals surface area (Å²) < 4.78 is 25.1. The van der Waals surface area contributed by atoms with Crippen molar-refractivity contribution in [1.82, 2.24) is 4.90 Å². The summed E-state index contributed by atoms with van der Waals surface area (Å²) in [5.74, 6) is 0.430. The molecule has 0 bridgehead atoms. The molecule has 4 nitrogen and oxygen atoms in total. The van der Waals surface area contributed by atoms with Crippen LogP contribution in [0.5, 0.6) is 5.75 Å². The van der Waals surface area contributed by atoms with E-state index in [1.807, 2.05) is 12.3 Å². The number of methoxy groups -OCH3 is 1. The van der Waals surface area contributed by atoms with E-state index in [4.69, 9.17) is 9.47 Å². The maximum absolute atomic E-state index is 14.4. The van der Waals surface area contributed by atoms with Crippen molar-refractivity contribution in [1.29, 1.82) is 0 Å². The maximum atomic E-state index is 14.4. The fourth-order valence-electron chi connectivity index (χ4n) is 2.88. The number of piperazine rings is 1. The molecule has 2 fully saturated rings. The van der Waals surface area contributed by atoms with Crippen LogP contribution in [0.25, 0.3) is 0 Å². The van der Waals surface area contributed by atoms with Gasteiger partial charge in [-0.05, 0) is 18.4 Å². The number of rotatable bonds is 4. The van der Waals surface area contributed by atoms with E-state index in [2.05, 4.69) is 9.80 Å². The summed E-state index contributed by atoms with van der Waals surface area (Å²) in [5.41, 5.74) is 0.597. The van der Waals surface area contributed by atoms with Crippen LogP contribution in [-0.4, -0.2) is 63.7 Å². The minimum atomic E-state index is -0.195. The predicted molar refractivity (Wildman–Crippen MR) is 83.1 cm³/mol. The van der Waals surface area contributed by atoms with Crippen LogP contribution in [0.3, 0.4) is 0 Å². The lowest BCUT2D eigenvalue weighted by molar-refractivity contribution is -0.0661. The number of halogens is 1. The number of hydrogen-bond acceptors (Lipinski definition) is 5. The molecule has 0 N–H and O–H groups in total. The Morgan fingerprint density at radius 1 is 1.24 bits per heavy atom. The van der Waals surface area contributed by atoms with E-state index in [9.17, 15) is 4.39 Å². The molecule has 21 heavy (non-hydrogen) atoms. The summed E-state index contributed by atoms with van der Waals surface area (Å²) in [7, 11) is 1.60. The molecule has 2 heterocycles. The molecular weight excluding hydrogens is 291 g/mol. The smallest absolute Gasteiger partial charge is 0.151 e. The molecule has 0 amide bonds. The molecule has 0 atom stereocenters. The van der Waals surface area contributed by atoms with Crippen molar-refractivity contribution in [2.45, 2.75) is 10.9 Å². The molecule has 3 rings (SSSR count). The zero-order valence-corrected chi connectivity index (χ0v) is 13.3. The summed E-state index contributed by atoms with van der Waals surface area (Å²) in [6.07, 6.45) is 1.94. The molecule has 2 aliphatic rings. The quantitative estimate of drug-likeness (QED) is 0.793. The van der Waals surface area contributed by atoms with Gasteiger partial charge in [-0.15, -0.1) is 11.8 Å². The highest BCUT2D eigenvalue weighted by atomic mass is 32.2. The van der Waals surface area contributed by atoms with Gasteiger partial charge in [0.15, 0.2) is 5.82 Å². The average Bonchev–Trinajstić information content (AvgIpc) is 2.45. The number of benzene rings is 1. The van der Waals surface area contributed by atoms with Crippen LogP contribution in [0.2, 0.25) is 0 Å². The number of anilines is 1. The van der Waals surface area contributed by atoms with Gasteiger partial charge < -0.3 is 14.4 Å². The van der Waals surface area contributed by atoms with Gasteiger partial charge in [0.2, 0.25) is 0 Å². The van der Waals surface area contributed by atoms with Gasteiger partial charge in [0.1, 0.15) is 11.4 Å². The number of nitrogens with zero attached hydrogens (tertiary/aromatic N) is 2. The number of ether oxygens (including phenoxy) is 2. The lowest BCUT2D eigenvalue weighted by Crippen LogP contribution is -2.56. The molecule has 0 spiro atoms. The Morgan fingerprint density at radius 3 is 2.48 bits per heavy atom. The van der Waals surface area contributed by atoms with Gasteiger partial charge in [-0.3, -0.25) is 4.90 Å². The van der Waals surface area contributed by atoms with Gasteiger partial charge in [-0.25, -0.2) is 4.39 Å². The van der Waals surface area contributed by atoms with Crippen molar-refractivity contribution >= 4 is 17.4 Å². The van der Waals surface area contributed by atoms with Crippen molar-refractivity contribution in [2.75, 3.05) is 57.7 Å². The first-order valence-corrected chi connectivity index (χ1v) is 8.43. The Hall–Kier alpha value is -0.980. The largest absolute Gasteiger partial charge is 0.494 e.